The molecule has 0 aromatic heterocycles. The van der Waals surface area contributed by atoms with Gasteiger partial charge in [-0.3, -0.25) is 25.7 Å². The van der Waals surface area contributed by atoms with Crippen LogP contribution in [0.1, 0.15) is 12.5 Å². The van der Waals surface area contributed by atoms with Crippen LogP contribution in [0.2, 0.25) is 0 Å². The maximum atomic E-state index is 10.7. The first-order valence-electron chi connectivity index (χ1n) is 6.27. The smallest absolute Gasteiger partial charge is 0.271 e. The first-order chi connectivity index (χ1) is 10.5. The SMILES string of the molecule is CC(=NNc1cccc([N+](=O)[O-])c1)c1cccc([N+](=O)[O-])c1. The molecule has 0 aliphatic rings. The van der Waals surface area contributed by atoms with E-state index in [-0.39, 0.29) is 11.4 Å². The Bertz CT molecular complexity index is 758. The first kappa shape index (κ1) is 15.1. The van der Waals surface area contributed by atoms with Gasteiger partial charge < -0.3 is 0 Å². The van der Waals surface area contributed by atoms with E-state index in [1.807, 2.05) is 0 Å². The lowest BCUT2D eigenvalue weighted by molar-refractivity contribution is -0.385. The van der Waals surface area contributed by atoms with E-state index in [2.05, 4.69) is 10.5 Å². The highest BCUT2D eigenvalue weighted by atomic mass is 16.6. The number of rotatable bonds is 5. The number of nitro groups is 2. The van der Waals surface area contributed by atoms with Gasteiger partial charge in [-0.25, -0.2) is 0 Å². The third-order valence-electron chi connectivity index (χ3n) is 2.88. The van der Waals surface area contributed by atoms with Crippen molar-refractivity contribution in [1.82, 2.24) is 0 Å². The molecule has 0 radical (unpaired) electrons. The van der Waals surface area contributed by atoms with Crippen LogP contribution in [-0.2, 0) is 0 Å². The Morgan fingerprint density at radius 1 is 1.00 bits per heavy atom. The Morgan fingerprint density at radius 2 is 1.59 bits per heavy atom. The first-order valence-corrected chi connectivity index (χ1v) is 6.27. The predicted molar refractivity (Wildman–Crippen MR) is 82.0 cm³/mol. The highest BCUT2D eigenvalue weighted by molar-refractivity contribution is 5.99. The summed E-state index contributed by atoms with van der Waals surface area (Å²) < 4.78 is 0. The zero-order valence-electron chi connectivity index (χ0n) is 11.6. The van der Waals surface area contributed by atoms with Crippen LogP contribution in [-0.4, -0.2) is 15.6 Å². The molecule has 0 fully saturated rings. The second-order valence-corrected chi connectivity index (χ2v) is 4.42. The number of nitro benzene ring substituents is 2. The highest BCUT2D eigenvalue weighted by Gasteiger charge is 2.08. The van der Waals surface area contributed by atoms with Crippen molar-refractivity contribution in [1.29, 1.82) is 0 Å². The van der Waals surface area contributed by atoms with Crippen molar-refractivity contribution in [2.24, 2.45) is 5.10 Å². The summed E-state index contributed by atoms with van der Waals surface area (Å²) in [6.07, 6.45) is 0. The molecule has 0 spiro atoms. The van der Waals surface area contributed by atoms with Crippen LogP contribution in [0, 0.1) is 20.2 Å². The number of nitrogens with zero attached hydrogens (tertiary/aromatic N) is 3. The molecule has 2 aromatic rings. The lowest BCUT2D eigenvalue weighted by Gasteiger charge is -2.03. The van der Waals surface area contributed by atoms with Crippen molar-refractivity contribution in [2.75, 3.05) is 5.43 Å². The van der Waals surface area contributed by atoms with Gasteiger partial charge in [0.25, 0.3) is 11.4 Å². The Hall–Kier alpha value is -3.29. The maximum absolute atomic E-state index is 10.7. The second-order valence-electron chi connectivity index (χ2n) is 4.42. The summed E-state index contributed by atoms with van der Waals surface area (Å²) in [7, 11) is 0. The van der Waals surface area contributed by atoms with Crippen LogP contribution in [0.3, 0.4) is 0 Å². The summed E-state index contributed by atoms with van der Waals surface area (Å²) in [6, 6.07) is 12.0. The van der Waals surface area contributed by atoms with Crippen molar-refractivity contribution < 1.29 is 9.85 Å². The van der Waals surface area contributed by atoms with E-state index in [0.717, 1.165) is 0 Å². The summed E-state index contributed by atoms with van der Waals surface area (Å²) in [5, 5.41) is 25.5. The monoisotopic (exact) mass is 300 g/mol. The average molecular weight is 300 g/mol. The van der Waals surface area contributed by atoms with Gasteiger partial charge in [-0.15, -0.1) is 0 Å². The number of benzene rings is 2. The second kappa shape index (κ2) is 6.44. The molecule has 0 aliphatic carbocycles. The van der Waals surface area contributed by atoms with Crippen LogP contribution < -0.4 is 5.43 Å². The molecule has 0 amide bonds. The maximum Gasteiger partial charge on any atom is 0.271 e. The molecule has 0 aliphatic heterocycles. The number of non-ortho nitro benzene ring substituents is 2. The fourth-order valence-corrected chi connectivity index (χ4v) is 1.75. The third kappa shape index (κ3) is 3.63. The van der Waals surface area contributed by atoms with Gasteiger partial charge in [-0.05, 0) is 13.0 Å². The van der Waals surface area contributed by atoms with Crippen LogP contribution >= 0.6 is 0 Å². The minimum Gasteiger partial charge on any atom is -0.278 e. The van der Waals surface area contributed by atoms with Crippen LogP contribution in [0.4, 0.5) is 17.1 Å². The van der Waals surface area contributed by atoms with Gasteiger partial charge in [0, 0.05) is 29.8 Å². The van der Waals surface area contributed by atoms with Crippen LogP contribution in [0.25, 0.3) is 0 Å². The zero-order valence-corrected chi connectivity index (χ0v) is 11.6. The Labute approximate surface area is 125 Å². The van der Waals surface area contributed by atoms with Gasteiger partial charge in [-0.1, -0.05) is 18.2 Å². The molecule has 8 heteroatoms. The summed E-state index contributed by atoms with van der Waals surface area (Å²) in [6.45, 7) is 1.68. The van der Waals surface area contributed by atoms with E-state index in [9.17, 15) is 20.2 Å². The predicted octanol–water partition coefficient (Wildman–Crippen LogP) is 3.34. The topological polar surface area (TPSA) is 111 Å². The van der Waals surface area contributed by atoms with E-state index < -0.39 is 9.85 Å². The van der Waals surface area contributed by atoms with Crippen molar-refractivity contribution in [2.45, 2.75) is 6.92 Å². The minimum atomic E-state index is -0.498. The number of nitrogens with one attached hydrogen (secondary N) is 1. The fraction of sp³-hybridized carbons (Fsp3) is 0.0714. The largest absolute Gasteiger partial charge is 0.278 e. The van der Waals surface area contributed by atoms with Gasteiger partial charge in [0.05, 0.1) is 21.2 Å². The molecular formula is C14H12N4O4. The van der Waals surface area contributed by atoms with Gasteiger partial charge in [-0.2, -0.15) is 5.10 Å². The molecule has 2 aromatic carbocycles. The number of hydrazone groups is 1. The van der Waals surface area contributed by atoms with Gasteiger partial charge in [0.2, 0.25) is 0 Å². The average Bonchev–Trinajstić information content (AvgIpc) is 2.53. The van der Waals surface area contributed by atoms with Crippen LogP contribution in [0.5, 0.6) is 0 Å². The number of anilines is 1. The van der Waals surface area contributed by atoms with Crippen molar-refractivity contribution in [3.05, 3.63) is 74.3 Å². The molecule has 1 N–H and O–H groups in total. The third-order valence-corrected chi connectivity index (χ3v) is 2.88. The molecule has 0 unspecified atom stereocenters. The van der Waals surface area contributed by atoms with E-state index in [0.29, 0.717) is 17.0 Å². The Balaban J connectivity index is 2.19. The fourth-order valence-electron chi connectivity index (χ4n) is 1.75. The van der Waals surface area contributed by atoms with E-state index >= 15 is 0 Å². The van der Waals surface area contributed by atoms with Crippen molar-refractivity contribution >= 4 is 22.8 Å². The number of hydrogen-bond donors (Lipinski definition) is 1. The highest BCUT2D eigenvalue weighted by Crippen LogP contribution is 2.18. The van der Waals surface area contributed by atoms with Gasteiger partial charge >= 0.3 is 0 Å². The molecule has 0 heterocycles. The van der Waals surface area contributed by atoms with E-state index in [1.54, 1.807) is 31.2 Å². The standard InChI is InChI=1S/C14H12N4O4/c1-10(11-4-2-6-13(8-11)17(19)20)15-16-12-5-3-7-14(9-12)18(21)22/h2-9,16H,1H3. The lowest BCUT2D eigenvalue weighted by Crippen LogP contribution is -2.01. The van der Waals surface area contributed by atoms with Gasteiger partial charge in [0.15, 0.2) is 0 Å². The minimum absolute atomic E-state index is 0.0256. The quantitative estimate of drug-likeness (QED) is 0.517. The molecule has 0 saturated carbocycles. The molecule has 0 saturated heterocycles. The molecule has 8 nitrogen and oxygen atoms in total. The summed E-state index contributed by atoms with van der Waals surface area (Å²) in [5.74, 6) is 0. The summed E-state index contributed by atoms with van der Waals surface area (Å²) in [5.41, 5.74) is 4.20. The zero-order chi connectivity index (χ0) is 16.1. The van der Waals surface area contributed by atoms with Gasteiger partial charge in [0.1, 0.15) is 0 Å². The lowest BCUT2D eigenvalue weighted by atomic mass is 10.1. The molecule has 0 bridgehead atoms. The summed E-state index contributed by atoms with van der Waals surface area (Å²) in [4.78, 5) is 20.5. The summed E-state index contributed by atoms with van der Waals surface area (Å²) >= 11 is 0. The molecule has 22 heavy (non-hydrogen) atoms. The van der Waals surface area contributed by atoms with E-state index in [1.165, 1.54) is 24.3 Å². The Kier molecular flexibility index (Phi) is 4.42. The van der Waals surface area contributed by atoms with Crippen LogP contribution in [0.15, 0.2) is 53.6 Å². The van der Waals surface area contributed by atoms with E-state index in [4.69, 9.17) is 0 Å². The Morgan fingerprint density at radius 3 is 2.23 bits per heavy atom. The molecule has 0 atom stereocenters. The molecular weight excluding hydrogens is 288 g/mol. The molecule has 112 valence electrons. The number of hydrogen-bond acceptors (Lipinski definition) is 6. The van der Waals surface area contributed by atoms with Crippen molar-refractivity contribution in [3.8, 4) is 0 Å². The van der Waals surface area contributed by atoms with Crippen molar-refractivity contribution in [3.63, 3.8) is 0 Å². The normalized spacial score (nSPS) is 11.0. The molecule has 2 rings (SSSR count).